The van der Waals surface area contributed by atoms with Crippen LogP contribution in [0.4, 0.5) is 0 Å². The molecule has 0 aliphatic carbocycles. The van der Waals surface area contributed by atoms with Gasteiger partial charge in [-0.15, -0.1) is 13.2 Å². The molecule has 1 aromatic rings. The van der Waals surface area contributed by atoms with Crippen molar-refractivity contribution in [1.29, 1.82) is 0 Å². The van der Waals surface area contributed by atoms with Crippen LogP contribution in [0.25, 0.3) is 0 Å². The van der Waals surface area contributed by atoms with Gasteiger partial charge in [-0.2, -0.15) is 0 Å². The van der Waals surface area contributed by atoms with Crippen LogP contribution >= 0.6 is 0 Å². The van der Waals surface area contributed by atoms with Crippen molar-refractivity contribution in [2.45, 2.75) is 57.4 Å². The molecule has 1 aliphatic rings. The first kappa shape index (κ1) is 28.2. The SMILES string of the molecule is C=CC[C@H](C)C(=O)O[C@H]1[C@@H](OC(=O)[C@@H](C)CC=C)[C@@H](CO)O[C@H](OC)[C@@H]1OC(=O)c1ccccc1. The van der Waals surface area contributed by atoms with E-state index in [0.29, 0.717) is 12.8 Å². The standard InChI is InChI=1S/C26H34O9/c1-6-11-16(3)23(28)33-20-19(15-27)32-26(31-5)22(21(20)34-24(29)17(4)12-7-2)35-25(30)18-13-9-8-10-14-18/h6-10,13-14,16-17,19-22,26-27H,1-2,11-12,15H2,3-5H3/t16-,17-,19+,20-,21-,22+,26-/m0/s1. The second-order valence-corrected chi connectivity index (χ2v) is 8.35. The highest BCUT2D eigenvalue weighted by Crippen LogP contribution is 2.31. The van der Waals surface area contributed by atoms with Crippen LogP contribution in [-0.2, 0) is 33.3 Å². The van der Waals surface area contributed by atoms with E-state index in [1.54, 1.807) is 56.3 Å². The molecule has 0 bridgehead atoms. The van der Waals surface area contributed by atoms with Gasteiger partial charge in [0.1, 0.15) is 6.10 Å². The molecule has 9 heteroatoms. The van der Waals surface area contributed by atoms with Gasteiger partial charge >= 0.3 is 17.9 Å². The van der Waals surface area contributed by atoms with Crippen molar-refractivity contribution in [3.8, 4) is 0 Å². The minimum absolute atomic E-state index is 0.255. The lowest BCUT2D eigenvalue weighted by Gasteiger charge is -2.44. The van der Waals surface area contributed by atoms with Gasteiger partial charge in [0.05, 0.1) is 24.0 Å². The molecule has 9 nitrogen and oxygen atoms in total. The summed E-state index contributed by atoms with van der Waals surface area (Å²) in [5.41, 5.74) is 0.255. The summed E-state index contributed by atoms with van der Waals surface area (Å²) in [4.78, 5) is 38.4. The van der Waals surface area contributed by atoms with E-state index in [1.807, 2.05) is 0 Å². The summed E-state index contributed by atoms with van der Waals surface area (Å²) in [5, 5.41) is 9.97. The molecule has 0 saturated carbocycles. The molecule has 1 aliphatic heterocycles. The number of hydrogen-bond acceptors (Lipinski definition) is 9. The normalized spacial score (nSPS) is 25.5. The van der Waals surface area contributed by atoms with E-state index in [9.17, 15) is 19.5 Å². The first-order valence-electron chi connectivity index (χ1n) is 11.4. The quantitative estimate of drug-likeness (QED) is 0.268. The molecular formula is C26H34O9. The molecule has 1 heterocycles. The summed E-state index contributed by atoms with van der Waals surface area (Å²) < 4.78 is 28.2. The van der Waals surface area contributed by atoms with Crippen LogP contribution in [0.3, 0.4) is 0 Å². The Morgan fingerprint density at radius 3 is 1.97 bits per heavy atom. The Balaban J connectivity index is 2.43. The first-order valence-corrected chi connectivity index (χ1v) is 11.4. The second-order valence-electron chi connectivity index (χ2n) is 8.35. The van der Waals surface area contributed by atoms with Crippen molar-refractivity contribution < 1.29 is 43.2 Å². The van der Waals surface area contributed by atoms with Gasteiger partial charge in [0, 0.05) is 7.11 Å². The smallest absolute Gasteiger partial charge is 0.338 e. The summed E-state index contributed by atoms with van der Waals surface area (Å²) in [7, 11) is 1.32. The maximum atomic E-state index is 12.9. The van der Waals surface area contributed by atoms with Crippen LogP contribution in [0.15, 0.2) is 55.6 Å². The number of methoxy groups -OCH3 is 1. The van der Waals surface area contributed by atoms with Crippen LogP contribution in [0.2, 0.25) is 0 Å². The third kappa shape index (κ3) is 7.48. The van der Waals surface area contributed by atoms with E-state index < -0.39 is 67.1 Å². The average molecular weight is 491 g/mol. The Morgan fingerprint density at radius 1 is 0.943 bits per heavy atom. The predicted molar refractivity (Wildman–Crippen MR) is 126 cm³/mol. The monoisotopic (exact) mass is 490 g/mol. The molecule has 1 N–H and O–H groups in total. The molecule has 1 saturated heterocycles. The van der Waals surface area contributed by atoms with E-state index >= 15 is 0 Å². The molecule has 7 atom stereocenters. The van der Waals surface area contributed by atoms with Crippen LogP contribution in [0.1, 0.15) is 37.0 Å². The van der Waals surface area contributed by atoms with Crippen molar-refractivity contribution >= 4 is 17.9 Å². The highest BCUT2D eigenvalue weighted by Gasteiger charge is 2.53. The lowest BCUT2D eigenvalue weighted by Crippen LogP contribution is -2.63. The van der Waals surface area contributed by atoms with Crippen molar-refractivity contribution in [2.24, 2.45) is 11.8 Å². The van der Waals surface area contributed by atoms with E-state index in [1.165, 1.54) is 7.11 Å². The van der Waals surface area contributed by atoms with Crippen LogP contribution in [0.5, 0.6) is 0 Å². The topological polar surface area (TPSA) is 118 Å². The zero-order chi connectivity index (χ0) is 26.0. The highest BCUT2D eigenvalue weighted by atomic mass is 16.7. The number of ether oxygens (including phenoxy) is 5. The molecule has 1 aromatic carbocycles. The number of carbonyl (C=O) groups is 3. The summed E-state index contributed by atoms with van der Waals surface area (Å²) in [6, 6.07) is 8.21. The summed E-state index contributed by atoms with van der Waals surface area (Å²) >= 11 is 0. The molecule has 35 heavy (non-hydrogen) atoms. The number of hydrogen-bond donors (Lipinski definition) is 1. The predicted octanol–water partition coefficient (Wildman–Crippen LogP) is 2.82. The molecular weight excluding hydrogens is 456 g/mol. The number of esters is 3. The maximum Gasteiger partial charge on any atom is 0.338 e. The van der Waals surface area contributed by atoms with Crippen LogP contribution in [-0.4, -0.2) is 67.4 Å². The van der Waals surface area contributed by atoms with Crippen molar-refractivity contribution in [3.05, 3.63) is 61.2 Å². The molecule has 0 radical (unpaired) electrons. The van der Waals surface area contributed by atoms with E-state index in [2.05, 4.69) is 13.2 Å². The Bertz CT molecular complexity index is 869. The van der Waals surface area contributed by atoms with Crippen molar-refractivity contribution in [2.75, 3.05) is 13.7 Å². The van der Waals surface area contributed by atoms with E-state index in [4.69, 9.17) is 23.7 Å². The van der Waals surface area contributed by atoms with Crippen molar-refractivity contribution in [3.63, 3.8) is 0 Å². The Kier molecular flexibility index (Phi) is 11.1. The third-order valence-electron chi connectivity index (χ3n) is 5.61. The molecule has 192 valence electrons. The minimum Gasteiger partial charge on any atom is -0.455 e. The fourth-order valence-corrected chi connectivity index (χ4v) is 3.58. The van der Waals surface area contributed by atoms with Gasteiger partial charge in [0.15, 0.2) is 24.6 Å². The number of rotatable bonds is 12. The summed E-state index contributed by atoms with van der Waals surface area (Å²) in [6.07, 6.45) is -2.32. The number of aliphatic hydroxyl groups excluding tert-OH is 1. The number of allylic oxidation sites excluding steroid dienone is 2. The van der Waals surface area contributed by atoms with Gasteiger partial charge in [-0.1, -0.05) is 44.2 Å². The number of carbonyl (C=O) groups excluding carboxylic acids is 3. The number of aliphatic hydroxyl groups is 1. The zero-order valence-corrected chi connectivity index (χ0v) is 20.3. The maximum absolute atomic E-state index is 12.9. The fraction of sp³-hybridized carbons (Fsp3) is 0.500. The zero-order valence-electron chi connectivity index (χ0n) is 20.3. The Labute approximate surface area is 205 Å². The summed E-state index contributed by atoms with van der Waals surface area (Å²) in [6.45, 7) is 9.99. The lowest BCUT2D eigenvalue weighted by atomic mass is 9.97. The van der Waals surface area contributed by atoms with Crippen LogP contribution < -0.4 is 0 Å². The summed E-state index contributed by atoms with van der Waals surface area (Å²) in [5.74, 6) is -3.06. The molecule has 2 rings (SSSR count). The van der Waals surface area contributed by atoms with Crippen molar-refractivity contribution in [1.82, 2.24) is 0 Å². The molecule has 0 amide bonds. The van der Waals surface area contributed by atoms with Gasteiger partial charge in [-0.3, -0.25) is 9.59 Å². The first-order chi connectivity index (χ1) is 16.8. The third-order valence-corrected chi connectivity index (χ3v) is 5.61. The molecule has 0 unspecified atom stereocenters. The molecule has 1 fully saturated rings. The van der Waals surface area contributed by atoms with E-state index in [0.717, 1.165) is 0 Å². The lowest BCUT2D eigenvalue weighted by molar-refractivity contribution is -0.299. The van der Waals surface area contributed by atoms with Gasteiger partial charge in [0.2, 0.25) is 0 Å². The Hall–Kier alpha value is -3.01. The van der Waals surface area contributed by atoms with Crippen LogP contribution in [0, 0.1) is 11.8 Å². The van der Waals surface area contributed by atoms with Gasteiger partial charge in [0.25, 0.3) is 0 Å². The number of benzene rings is 1. The highest BCUT2D eigenvalue weighted by molar-refractivity contribution is 5.89. The van der Waals surface area contributed by atoms with Gasteiger partial charge in [-0.25, -0.2) is 4.79 Å². The molecule has 0 spiro atoms. The van der Waals surface area contributed by atoms with E-state index in [-0.39, 0.29) is 5.56 Å². The fourth-order valence-electron chi connectivity index (χ4n) is 3.58. The Morgan fingerprint density at radius 2 is 1.49 bits per heavy atom. The second kappa shape index (κ2) is 13.8. The van der Waals surface area contributed by atoms with Gasteiger partial charge in [-0.05, 0) is 25.0 Å². The van der Waals surface area contributed by atoms with Gasteiger partial charge < -0.3 is 28.8 Å². The minimum atomic E-state index is -1.31. The largest absolute Gasteiger partial charge is 0.455 e. The molecule has 0 aromatic heterocycles. The average Bonchev–Trinajstić information content (AvgIpc) is 2.86.